The highest BCUT2D eigenvalue weighted by Crippen LogP contribution is 1.94. The van der Waals surface area contributed by atoms with Gasteiger partial charge in [0.15, 0.2) is 0 Å². The molecule has 0 N–H and O–H groups in total. The predicted molar refractivity (Wildman–Crippen MR) is 51.8 cm³/mol. The summed E-state index contributed by atoms with van der Waals surface area (Å²) < 4.78 is 33.3. The van der Waals surface area contributed by atoms with E-state index in [1.807, 2.05) is 0 Å². The second kappa shape index (κ2) is 6.74. The fourth-order valence-electron chi connectivity index (χ4n) is 0.544. The molecule has 10 heteroatoms. The molecule has 0 aromatic heterocycles. The van der Waals surface area contributed by atoms with E-state index in [1.54, 1.807) is 0 Å². The topological polar surface area (TPSA) is 113 Å². The summed E-state index contributed by atoms with van der Waals surface area (Å²) in [5.41, 5.74) is 0. The lowest BCUT2D eigenvalue weighted by atomic mass is 10.8. The molecule has 0 spiro atoms. The van der Waals surface area contributed by atoms with Crippen molar-refractivity contribution in [2.75, 3.05) is 0 Å². The minimum atomic E-state index is -3.32. The fraction of sp³-hybridized carbons (Fsp3) is 0.333. The van der Waals surface area contributed by atoms with E-state index in [0.717, 1.165) is 13.8 Å². The molecule has 0 unspecified atom stereocenters. The second-order valence-electron chi connectivity index (χ2n) is 2.32. The molecule has 0 bridgehead atoms. The van der Waals surface area contributed by atoms with Crippen molar-refractivity contribution in [2.45, 2.75) is 13.8 Å². The minimum absolute atomic E-state index is 0.215. The molecule has 0 aromatic carbocycles. The minimum Gasteiger partial charge on any atom is -0.458 e. The van der Waals surface area contributed by atoms with E-state index in [9.17, 15) is 22.8 Å². The summed E-state index contributed by atoms with van der Waals surface area (Å²) in [6, 6.07) is 0. The van der Waals surface area contributed by atoms with E-state index in [2.05, 4.69) is 13.3 Å². The van der Waals surface area contributed by atoms with Crippen molar-refractivity contribution >= 4 is 43.1 Å². The molecule has 0 aliphatic carbocycles. The van der Waals surface area contributed by atoms with Gasteiger partial charge in [0.25, 0.3) is 11.9 Å². The van der Waals surface area contributed by atoms with Gasteiger partial charge < -0.3 is 13.3 Å². The average Bonchev–Trinajstić information content (AvgIpc) is 1.97. The normalized spacial score (nSPS) is 9.19. The number of carbonyl (C=O) groups is 3. The third kappa shape index (κ3) is 7.70. The smallest absolute Gasteiger partial charge is 0.458 e. The first-order valence-electron chi connectivity index (χ1n) is 3.79. The van der Waals surface area contributed by atoms with Gasteiger partial charge in [0.05, 0.1) is 0 Å². The van der Waals surface area contributed by atoms with Crippen molar-refractivity contribution in [2.24, 2.45) is 0 Å². The summed E-state index contributed by atoms with van der Waals surface area (Å²) >= 11 is 0. The molecule has 0 aliphatic heterocycles. The van der Waals surface area contributed by atoms with E-state index in [0.29, 0.717) is 0 Å². The highest BCUT2D eigenvalue weighted by atomic mass is 32.2. The molecule has 0 atom stereocenters. The van der Waals surface area contributed by atoms with Gasteiger partial charge >= 0.3 is 15.5 Å². The van der Waals surface area contributed by atoms with Crippen LogP contribution in [0.2, 0.25) is 0 Å². The van der Waals surface area contributed by atoms with Crippen LogP contribution in [0.15, 0.2) is 0 Å². The van der Waals surface area contributed by atoms with Gasteiger partial charge in [-0.15, -0.1) is 0 Å². The first-order chi connectivity index (χ1) is 7.31. The maximum absolute atomic E-state index is 10.8. The van der Waals surface area contributed by atoms with Crippen molar-refractivity contribution in [3.05, 3.63) is 0 Å². The first-order valence-corrected chi connectivity index (χ1v) is 6.34. The molecule has 16 heavy (non-hydrogen) atoms. The molecule has 0 radical (unpaired) electrons. The van der Waals surface area contributed by atoms with E-state index >= 15 is 0 Å². The molecule has 0 amide bonds. The molecule has 90 valence electrons. The van der Waals surface area contributed by atoms with Gasteiger partial charge in [-0.2, -0.15) is 8.42 Å². The van der Waals surface area contributed by atoms with Crippen LogP contribution in [-0.4, -0.2) is 41.2 Å². The second-order valence-corrected chi connectivity index (χ2v) is 4.36. The molecule has 0 rings (SSSR count). The van der Waals surface area contributed by atoms with Crippen LogP contribution in [0.3, 0.4) is 0 Å². The van der Waals surface area contributed by atoms with Crippen LogP contribution in [0.25, 0.3) is 0 Å². The van der Waals surface area contributed by atoms with Crippen LogP contribution >= 0.6 is 0 Å². The Morgan fingerprint density at radius 2 is 1.44 bits per heavy atom. The number of rotatable bonds is 4. The first kappa shape index (κ1) is 14.3. The maximum Gasteiger partial charge on any atom is 0.689 e. The van der Waals surface area contributed by atoms with Gasteiger partial charge in [0.1, 0.15) is 5.37 Å². The zero-order valence-electron chi connectivity index (χ0n) is 8.33. The van der Waals surface area contributed by atoms with Crippen LogP contribution in [0.5, 0.6) is 0 Å². The Labute approximate surface area is 93.6 Å². The van der Waals surface area contributed by atoms with Gasteiger partial charge in [0.2, 0.25) is 10.3 Å². The Balaban J connectivity index is 4.53. The zero-order chi connectivity index (χ0) is 12.7. The average molecular weight is 268 g/mol. The third-order valence-corrected chi connectivity index (χ3v) is 2.79. The molecule has 0 saturated carbocycles. The van der Waals surface area contributed by atoms with Gasteiger partial charge in [-0.05, 0) is 0 Å². The summed E-state index contributed by atoms with van der Waals surface area (Å²) in [5, 5.41) is 0.215. The Hall–Kier alpha value is -1.68. The highest BCUT2D eigenvalue weighted by Gasteiger charge is 2.26. The lowest BCUT2D eigenvalue weighted by molar-refractivity contribution is -0.143. The van der Waals surface area contributed by atoms with Crippen LogP contribution < -0.4 is 0 Å². The summed E-state index contributed by atoms with van der Waals surface area (Å²) in [7, 11) is -6.07. The Morgan fingerprint density at radius 3 is 1.75 bits per heavy atom. The van der Waals surface area contributed by atoms with Gasteiger partial charge in [-0.3, -0.25) is 9.59 Å². The van der Waals surface area contributed by atoms with Crippen LogP contribution in [0.1, 0.15) is 13.8 Å². The predicted octanol–water partition coefficient (Wildman–Crippen LogP) is -1.95. The van der Waals surface area contributed by atoms with Crippen molar-refractivity contribution in [3.8, 4) is 0 Å². The Morgan fingerprint density at radius 1 is 1.00 bits per heavy atom. The highest BCUT2D eigenvalue weighted by molar-refractivity contribution is 7.73. The van der Waals surface area contributed by atoms with E-state index in [1.165, 1.54) is 0 Å². The van der Waals surface area contributed by atoms with Gasteiger partial charge in [0, 0.05) is 13.8 Å². The van der Waals surface area contributed by atoms with E-state index in [-0.39, 0.29) is 5.37 Å². The maximum atomic E-state index is 10.8. The number of hydrogen-bond donors (Lipinski definition) is 0. The lowest BCUT2D eigenvalue weighted by Gasteiger charge is -2.12. The van der Waals surface area contributed by atoms with Gasteiger partial charge in [-0.25, -0.2) is 4.79 Å². The molecule has 0 aromatic rings. The van der Waals surface area contributed by atoms with Crippen molar-refractivity contribution in [3.63, 3.8) is 0 Å². The van der Waals surface area contributed by atoms with E-state index < -0.39 is 37.7 Å². The van der Waals surface area contributed by atoms with E-state index in [4.69, 9.17) is 0 Å². The third-order valence-electron chi connectivity index (χ3n) is 0.929. The van der Waals surface area contributed by atoms with Crippen molar-refractivity contribution < 1.29 is 36.1 Å². The Bertz CT molecular complexity index is 400. The molecular formula is C6H8O8SSi. The summed E-state index contributed by atoms with van der Waals surface area (Å²) in [6.07, 6.45) is 0. The summed E-state index contributed by atoms with van der Waals surface area (Å²) in [4.78, 5) is 31.9. The molecule has 0 fully saturated rings. The zero-order valence-corrected chi connectivity index (χ0v) is 10.3. The molecule has 0 heterocycles. The monoisotopic (exact) mass is 268 g/mol. The summed E-state index contributed by atoms with van der Waals surface area (Å²) in [6.45, 7) is 2.04. The Kier molecular flexibility index (Phi) is 6.03. The summed E-state index contributed by atoms with van der Waals surface area (Å²) in [5.74, 6) is -2.89. The van der Waals surface area contributed by atoms with Crippen molar-refractivity contribution in [1.82, 2.24) is 0 Å². The van der Waals surface area contributed by atoms with Crippen LogP contribution in [-0.2, 0) is 38.0 Å². The SMILES string of the molecule is CC(=O)O[SiH](OC(C)=O)OC(=O)C=S(=O)=O. The quantitative estimate of drug-likeness (QED) is 0.427. The molecule has 8 nitrogen and oxygen atoms in total. The van der Waals surface area contributed by atoms with Crippen LogP contribution in [0, 0.1) is 0 Å². The fourth-order valence-corrected chi connectivity index (χ4v) is 1.80. The number of carbonyl (C=O) groups excluding carboxylic acids is 3. The van der Waals surface area contributed by atoms with Crippen molar-refractivity contribution in [1.29, 1.82) is 0 Å². The largest absolute Gasteiger partial charge is 0.689 e. The number of hydrogen-bond acceptors (Lipinski definition) is 8. The van der Waals surface area contributed by atoms with Gasteiger partial charge in [-0.1, -0.05) is 0 Å². The molecule has 0 saturated heterocycles. The lowest BCUT2D eigenvalue weighted by Crippen LogP contribution is -2.33. The van der Waals surface area contributed by atoms with Crippen LogP contribution in [0.4, 0.5) is 0 Å². The molecular weight excluding hydrogens is 260 g/mol. The standard InChI is InChI=1S/C6H8O8SSi/c1-4(7)12-16(13-5(2)8)14-6(9)3-15(10)11/h3,16H,1-2H3. The molecule has 0 aliphatic rings.